The number of hydrogen-bond donors (Lipinski definition) is 12. The van der Waals surface area contributed by atoms with E-state index in [-0.39, 0.29) is 107 Å². The third-order valence-corrected chi connectivity index (χ3v) is 14.2. The SMILES string of the molecule is CC(=O)N[C@H]1[C@H](OCCCCC(=O)NCCCNC(=O)CCOCC(COCCC(=O)NCCCNC(=O)CCCCO[C@@H]2O[C@H](CO)[C@H](O)[C@H](O)C2C)NC(=O)CCCCCCCCCCCN2C(=O)C=CC2=O)O[C@H](CO)[C@H](O)[C@@H]1O. The van der Waals surface area contributed by atoms with Crippen LogP contribution in [0.1, 0.15) is 142 Å². The zero-order valence-electron chi connectivity index (χ0n) is 48.7. The molecule has 8 amide bonds. The van der Waals surface area contributed by atoms with Crippen molar-refractivity contribution in [2.45, 2.75) is 204 Å². The van der Waals surface area contributed by atoms with Crippen LogP contribution in [-0.4, -0.2) is 230 Å². The second-order valence-electron chi connectivity index (χ2n) is 21.3. The molecule has 11 atom stereocenters. The Morgan fingerprint density at radius 1 is 0.518 bits per heavy atom. The third kappa shape index (κ3) is 30.2. The van der Waals surface area contributed by atoms with Crippen molar-refractivity contribution in [1.82, 2.24) is 36.8 Å². The van der Waals surface area contributed by atoms with Crippen LogP contribution in [0.25, 0.3) is 0 Å². The number of ether oxygens (including phenoxy) is 6. The maximum absolute atomic E-state index is 13.0. The highest BCUT2D eigenvalue weighted by atomic mass is 16.7. The molecule has 0 saturated carbocycles. The minimum Gasteiger partial charge on any atom is -0.394 e. The minimum absolute atomic E-state index is 0.0510. The van der Waals surface area contributed by atoms with Gasteiger partial charge in [-0.1, -0.05) is 51.9 Å². The van der Waals surface area contributed by atoms with Crippen LogP contribution < -0.4 is 31.9 Å². The summed E-state index contributed by atoms with van der Waals surface area (Å²) in [5, 5.41) is 76.3. The molecule has 476 valence electrons. The Bertz CT molecular complexity index is 1940. The third-order valence-electron chi connectivity index (χ3n) is 14.2. The molecule has 27 heteroatoms. The summed E-state index contributed by atoms with van der Waals surface area (Å²) in [6.45, 7) is 4.36. The number of carbonyl (C=O) groups excluding carboxylic acids is 8. The number of nitrogens with zero attached hydrogens (tertiary/aromatic N) is 1. The van der Waals surface area contributed by atoms with E-state index in [1.54, 1.807) is 6.92 Å². The lowest BCUT2D eigenvalue weighted by molar-refractivity contribution is -0.282. The number of rotatable bonds is 46. The highest BCUT2D eigenvalue weighted by Gasteiger charge is 2.45. The Labute approximate surface area is 487 Å². The molecule has 27 nitrogen and oxygen atoms in total. The van der Waals surface area contributed by atoms with Gasteiger partial charge in [0, 0.05) is 103 Å². The number of amides is 8. The molecule has 0 bridgehead atoms. The number of unbranched alkanes of at least 4 members (excludes halogenated alkanes) is 10. The van der Waals surface area contributed by atoms with E-state index in [1.165, 1.54) is 24.0 Å². The van der Waals surface area contributed by atoms with E-state index in [0.29, 0.717) is 84.1 Å². The van der Waals surface area contributed by atoms with E-state index in [0.717, 1.165) is 51.4 Å². The van der Waals surface area contributed by atoms with Gasteiger partial charge in [-0.3, -0.25) is 43.3 Å². The highest BCUT2D eigenvalue weighted by Crippen LogP contribution is 2.27. The molecule has 3 rings (SSSR count). The van der Waals surface area contributed by atoms with Crippen LogP contribution in [0.4, 0.5) is 0 Å². The second kappa shape index (κ2) is 42.9. The second-order valence-corrected chi connectivity index (χ2v) is 21.3. The lowest BCUT2D eigenvalue weighted by atomic mass is 9.92. The summed E-state index contributed by atoms with van der Waals surface area (Å²) >= 11 is 0. The van der Waals surface area contributed by atoms with Gasteiger partial charge in [0.25, 0.3) is 11.8 Å². The predicted octanol–water partition coefficient (Wildman–Crippen LogP) is -1.25. The maximum Gasteiger partial charge on any atom is 0.253 e. The van der Waals surface area contributed by atoms with Gasteiger partial charge in [0.2, 0.25) is 35.4 Å². The molecule has 12 N–H and O–H groups in total. The summed E-state index contributed by atoms with van der Waals surface area (Å²) in [6.07, 6.45) is 5.88. The van der Waals surface area contributed by atoms with Gasteiger partial charge in [-0.2, -0.15) is 0 Å². The Morgan fingerprint density at radius 2 is 0.928 bits per heavy atom. The zero-order valence-corrected chi connectivity index (χ0v) is 48.7. The van der Waals surface area contributed by atoms with E-state index >= 15 is 0 Å². The van der Waals surface area contributed by atoms with Crippen LogP contribution in [0, 0.1) is 5.92 Å². The van der Waals surface area contributed by atoms with E-state index in [9.17, 15) is 69.0 Å². The van der Waals surface area contributed by atoms with Crippen LogP contribution in [0.2, 0.25) is 0 Å². The van der Waals surface area contributed by atoms with Gasteiger partial charge in [-0.25, -0.2) is 0 Å². The number of hydrogen-bond acceptors (Lipinski definition) is 20. The molecular weight excluding hydrogens is 1090 g/mol. The lowest BCUT2D eigenvalue weighted by Gasteiger charge is -2.42. The van der Waals surface area contributed by atoms with E-state index < -0.39 is 86.3 Å². The quantitative estimate of drug-likeness (QED) is 0.0250. The Kier molecular flexibility index (Phi) is 37.5. The normalized spacial score (nSPS) is 23.6. The summed E-state index contributed by atoms with van der Waals surface area (Å²) < 4.78 is 34.0. The summed E-state index contributed by atoms with van der Waals surface area (Å²) in [4.78, 5) is 99.0. The molecule has 3 aliphatic rings. The first kappa shape index (κ1) is 72.5. The average Bonchev–Trinajstić information content (AvgIpc) is 3.79. The van der Waals surface area contributed by atoms with Crippen LogP contribution >= 0.6 is 0 Å². The van der Waals surface area contributed by atoms with Gasteiger partial charge in [-0.15, -0.1) is 0 Å². The zero-order chi connectivity index (χ0) is 60.8. The topological polar surface area (TPSA) is 389 Å². The molecule has 3 heterocycles. The van der Waals surface area contributed by atoms with Crippen LogP contribution in [0.15, 0.2) is 12.2 Å². The molecule has 2 unspecified atom stereocenters. The Hall–Kier alpha value is -4.78. The minimum atomic E-state index is -1.42. The molecule has 0 radical (unpaired) electrons. The molecule has 0 aromatic carbocycles. The first-order valence-electron chi connectivity index (χ1n) is 29.8. The predicted molar refractivity (Wildman–Crippen MR) is 298 cm³/mol. The van der Waals surface area contributed by atoms with Gasteiger partial charge in [0.15, 0.2) is 12.6 Å². The largest absolute Gasteiger partial charge is 0.394 e. The van der Waals surface area contributed by atoms with E-state index in [1.807, 2.05) is 0 Å². The van der Waals surface area contributed by atoms with Crippen molar-refractivity contribution in [3.8, 4) is 0 Å². The van der Waals surface area contributed by atoms with Gasteiger partial charge >= 0.3 is 0 Å². The fourth-order valence-corrected chi connectivity index (χ4v) is 9.30. The monoisotopic (exact) mass is 1190 g/mol. The van der Waals surface area contributed by atoms with Gasteiger partial charge < -0.3 is 91.0 Å². The van der Waals surface area contributed by atoms with Crippen molar-refractivity contribution in [3.05, 3.63) is 12.2 Å². The van der Waals surface area contributed by atoms with Gasteiger partial charge in [-0.05, 0) is 51.4 Å². The van der Waals surface area contributed by atoms with Gasteiger partial charge in [0.1, 0.15) is 36.6 Å². The molecule has 83 heavy (non-hydrogen) atoms. The van der Waals surface area contributed by atoms with Crippen molar-refractivity contribution >= 4 is 47.3 Å². The molecule has 0 aliphatic carbocycles. The van der Waals surface area contributed by atoms with Crippen molar-refractivity contribution in [2.75, 3.05) is 85.6 Å². The fourth-order valence-electron chi connectivity index (χ4n) is 9.30. The van der Waals surface area contributed by atoms with Gasteiger partial charge in [0.05, 0.1) is 51.8 Å². The number of nitrogens with one attached hydrogen (secondary N) is 6. The molecule has 0 spiro atoms. The van der Waals surface area contributed by atoms with Crippen LogP contribution in [-0.2, 0) is 66.8 Å². The first-order valence-corrected chi connectivity index (χ1v) is 29.8. The van der Waals surface area contributed by atoms with E-state index in [4.69, 9.17) is 28.4 Å². The molecule has 3 aliphatic heterocycles. The van der Waals surface area contributed by atoms with Crippen LogP contribution in [0.5, 0.6) is 0 Å². The summed E-state index contributed by atoms with van der Waals surface area (Å²) in [7, 11) is 0. The van der Waals surface area contributed by atoms with Crippen molar-refractivity contribution in [3.63, 3.8) is 0 Å². The number of imide groups is 1. The summed E-state index contributed by atoms with van der Waals surface area (Å²) in [5.74, 6) is -2.48. The van der Waals surface area contributed by atoms with Crippen LogP contribution in [0.3, 0.4) is 0 Å². The Morgan fingerprint density at radius 3 is 1.41 bits per heavy atom. The number of aliphatic hydroxyl groups is 6. The van der Waals surface area contributed by atoms with E-state index in [2.05, 4.69) is 31.9 Å². The average molecular weight is 1190 g/mol. The standard InChI is InChI=1S/C56H97N7O20/c1-38-51(74)52(75)41(34-64)82-55(38)80-30-14-11-18-43(67)57-25-16-27-59-45(69)23-32-78-36-40(62-47(71)20-10-8-6-4-3-5-7-9-13-29-63-48(72)21-22-49(63)73)37-79-33-24-46(70)60-28-17-26-58-44(68)19-12-15-31-81-56-50(61-39(2)66)54(77)53(76)42(35-65)83-56/h21-22,38,40-42,50-56,64-65,74-77H,3-20,23-37H2,1-2H3,(H,57,67)(H,58,68)(H,59,69)(H,60,70)(H,61,66)(H,62,71)/t38?,40?,41-,42-,50-,51-,52+,53+,54-,55-,56-/m1/s1. The number of carbonyl (C=O) groups is 8. The highest BCUT2D eigenvalue weighted by molar-refractivity contribution is 6.12. The maximum atomic E-state index is 13.0. The number of aliphatic hydroxyl groups excluding tert-OH is 6. The molecule has 0 aromatic heterocycles. The van der Waals surface area contributed by atoms with Crippen molar-refractivity contribution in [2.24, 2.45) is 5.92 Å². The first-order chi connectivity index (χ1) is 39.9. The molecular formula is C56H97N7O20. The smallest absolute Gasteiger partial charge is 0.253 e. The van der Waals surface area contributed by atoms with Crippen molar-refractivity contribution in [1.29, 1.82) is 0 Å². The molecule has 2 fully saturated rings. The molecule has 0 aromatic rings. The Balaban J connectivity index is 1.27. The summed E-state index contributed by atoms with van der Waals surface area (Å²) in [5.41, 5.74) is 0. The fraction of sp³-hybridized carbons (Fsp3) is 0.821. The van der Waals surface area contributed by atoms with Crippen molar-refractivity contribution < 1.29 is 97.4 Å². The lowest BCUT2D eigenvalue weighted by Crippen LogP contribution is -2.64. The summed E-state index contributed by atoms with van der Waals surface area (Å²) in [6, 6.07) is -1.60. The molecule has 2 saturated heterocycles.